The van der Waals surface area contributed by atoms with Crippen molar-refractivity contribution in [1.29, 1.82) is 0 Å². The lowest BCUT2D eigenvalue weighted by atomic mass is 9.44. The zero-order valence-corrected chi connectivity index (χ0v) is 67.1. The number of rotatable bonds is 17. The van der Waals surface area contributed by atoms with E-state index >= 15 is 13.2 Å². The Kier molecular flexibility index (Phi) is 25.2. The van der Waals surface area contributed by atoms with Gasteiger partial charge in [0.15, 0.2) is 40.0 Å². The van der Waals surface area contributed by atoms with Gasteiger partial charge in [-0.15, -0.1) is 0 Å². The van der Waals surface area contributed by atoms with Crippen LogP contribution in [0.15, 0.2) is 119 Å². The summed E-state index contributed by atoms with van der Waals surface area (Å²) in [5.41, 5.74) is 7.70. The van der Waals surface area contributed by atoms with Crippen LogP contribution in [0.25, 0.3) is 21.9 Å². The second-order valence-corrected chi connectivity index (χ2v) is 36.0. The number of anilines is 1. The molecule has 628 valence electrons. The minimum Gasteiger partial charge on any atom is -0.481 e. The number of benzene rings is 3. The predicted octanol–water partition coefficient (Wildman–Crippen LogP) is 9.33. The molecule has 0 saturated heterocycles. The molecule has 25 nitrogen and oxygen atoms in total. The number of aromatic amines is 1. The van der Waals surface area contributed by atoms with Gasteiger partial charge in [-0.3, -0.25) is 24.0 Å². The van der Waals surface area contributed by atoms with Crippen LogP contribution in [0, 0.1) is 57.2 Å². The number of H-pyrrole nitrogens is 1. The van der Waals surface area contributed by atoms with Crippen molar-refractivity contribution >= 4 is 78.7 Å². The number of oxime groups is 1. The van der Waals surface area contributed by atoms with Crippen LogP contribution in [0.3, 0.4) is 0 Å². The van der Waals surface area contributed by atoms with Crippen molar-refractivity contribution in [1.82, 2.24) is 13.9 Å². The molecule has 9 aliphatic rings. The summed E-state index contributed by atoms with van der Waals surface area (Å²) in [7, 11) is -3.68. The zero-order valence-electron chi connectivity index (χ0n) is 66.3. The van der Waals surface area contributed by atoms with Crippen molar-refractivity contribution in [2.45, 2.75) is 216 Å². The highest BCUT2D eigenvalue weighted by Crippen LogP contribution is 2.73. The third-order valence-corrected chi connectivity index (χ3v) is 29.7. The number of carbonyl (C=O) groups is 6. The van der Waals surface area contributed by atoms with Crippen LogP contribution in [0.2, 0.25) is 0 Å². The van der Waals surface area contributed by atoms with Crippen molar-refractivity contribution in [3.8, 4) is 0 Å². The average molecular weight is 1630 g/mol. The van der Waals surface area contributed by atoms with Gasteiger partial charge in [0.1, 0.15) is 41.9 Å². The van der Waals surface area contributed by atoms with E-state index in [1.165, 1.54) is 47.7 Å². The van der Waals surface area contributed by atoms with Crippen LogP contribution in [0.5, 0.6) is 0 Å². The molecule has 6 saturated carbocycles. The number of aliphatic hydroxyl groups is 6. The highest BCUT2D eigenvalue weighted by molar-refractivity contribution is 7.90. The van der Waals surface area contributed by atoms with Gasteiger partial charge >= 0.3 is 11.9 Å². The molecule has 0 amide bonds. The van der Waals surface area contributed by atoms with E-state index in [0.29, 0.717) is 65.7 Å². The molecule has 13 unspecified atom stereocenters. The van der Waals surface area contributed by atoms with E-state index in [2.05, 4.69) is 40.2 Å². The van der Waals surface area contributed by atoms with E-state index in [-0.39, 0.29) is 74.7 Å². The van der Waals surface area contributed by atoms with Gasteiger partial charge in [0.2, 0.25) is 16.0 Å². The lowest BCUT2D eigenvalue weighted by Gasteiger charge is -2.63. The number of nitrogens with two attached hydrogens (primary N) is 3. The van der Waals surface area contributed by atoms with Gasteiger partial charge in [0.05, 0.1) is 47.2 Å². The monoisotopic (exact) mass is 1630 g/mol. The van der Waals surface area contributed by atoms with Crippen LogP contribution in [0.1, 0.15) is 168 Å². The Hall–Kier alpha value is -8.24. The number of ether oxygens (including phenoxy) is 1. The fraction of sp³-hybridized carbons (Fsp3) is 0.571. The number of alkyl halides is 5. The standard InChI is InChI=1S/C22H28F2O5.C22H29FO5.C17H18N4O3S.C17H21NO3.C6H12F2N2O2/c1-11-6-13-14-8-16(23)15-7-12(26)4-5-19(15,2)21(14,24)17(27)9-20(13,3)22(11,29)18(28)10-25;1-12-8-16-15-5-4-13-9-14(25)6-7-19(13,2)21(15,23)17(26)10-20(16,3)22(12,28)18(27)11-24;1-11(2)25(23,24)21-15-10-13(8-9-14(15)19-17(21)18)16(20-22)12-6-4-3-5-7-12;1-3-11-6-5-7-12-13-8-9-21-17(4-2,10-14(19)20)16(13)18-15(11)12;7-4(8)6(10,5(11)12)2-1-3-9/h4-5,7,11,13-14,16-17,25,27,29H,6,8-10H2,1-3H3;6-7,9,12,15-17,24,26,28H,4-5,8,10-11H2,1-3H3;3-11,22H,1-2H3,(H2,18,19);5-7,18H,3-4,8-10H2,1-2H3,(H,19,20);4H,1-3,9-10H2,(H,11,12)/b;;20-16+;;/t11?,13?,14?,16?,17-,19-,20-,21?,22?;12?,15?,16?,17-,19-,20-,21?,22?;;;/m00.../s1. The number of nitrogens with one attached hydrogen (secondary N) is 1. The number of hydrogen-bond donors (Lipinski definition) is 13. The highest BCUT2D eigenvalue weighted by Gasteiger charge is 2.78. The third-order valence-electron chi connectivity index (χ3n) is 27.7. The molecule has 8 aliphatic carbocycles. The Bertz CT molecular complexity index is 4880. The van der Waals surface area contributed by atoms with E-state index in [1.54, 1.807) is 84.9 Å². The molecule has 31 heteroatoms. The molecule has 2 aromatic heterocycles. The molecule has 115 heavy (non-hydrogen) atoms. The number of nitrogens with zero attached hydrogens (tertiary/aromatic N) is 3. The number of ketones is 4. The number of carboxylic acid groups (broad SMARTS) is 2. The molecule has 5 aromatic rings. The van der Waals surface area contributed by atoms with E-state index in [9.17, 15) is 86.9 Å². The third kappa shape index (κ3) is 14.1. The first-order valence-electron chi connectivity index (χ1n) is 39.1. The first-order valence-corrected chi connectivity index (χ1v) is 40.6. The molecule has 16 N–H and O–H groups in total. The second kappa shape index (κ2) is 32.6. The summed E-state index contributed by atoms with van der Waals surface area (Å²) in [4.78, 5) is 78.0. The number of Topliss-reactive ketones (excluding diaryl/α,β-unsaturated/α-hetero) is 2. The normalized spacial score (nSPS) is 34.7. The fourth-order valence-corrected chi connectivity index (χ4v) is 22.4. The van der Waals surface area contributed by atoms with E-state index in [0.717, 1.165) is 34.1 Å². The topological polar surface area (TPSA) is 452 Å². The number of para-hydroxylation sites is 1. The molecule has 0 radical (unpaired) electrons. The number of aliphatic carboxylic acids is 2. The molecule has 19 atom stereocenters. The van der Waals surface area contributed by atoms with Crippen molar-refractivity contribution in [3.63, 3.8) is 0 Å². The van der Waals surface area contributed by atoms with Crippen LogP contribution >= 0.6 is 0 Å². The maximum absolute atomic E-state index is 16.9. The predicted molar refractivity (Wildman–Crippen MR) is 418 cm³/mol. The number of nitrogen functional groups attached to an aromatic ring is 1. The van der Waals surface area contributed by atoms with Crippen LogP contribution in [-0.2, 0) is 62.0 Å². The molecule has 3 aromatic carbocycles. The Balaban J connectivity index is 0.000000156. The molecule has 0 spiro atoms. The SMILES string of the molecule is CC(C)S(=O)(=O)n1c(N)nc2ccc(/C(=N/O)c3ccccc3)cc21.CC1CC2C3CC(F)C4=CC(=O)C=C[C@]4(C)C3(F)[C@@H](O)C[C@]2(C)C1(O)C(=O)CO.CC1CC2C3CCC4=CC(=O)C=C[C@]4(C)C3(F)[C@@H](O)C[C@]2(C)C1(O)C(=O)CO.CCc1cccc2c3c([nH]c12)C(CC)(CC(=O)O)OCC3.NCCCC(N)(C(=O)O)C(F)F. The molecular weight excluding hydrogens is 1520 g/mol. The number of carbonyl (C=O) groups excluding carboxylic acids is 4. The molecular formula is C84H108F5N7O18S. The first kappa shape index (κ1) is 89.1. The summed E-state index contributed by atoms with van der Waals surface area (Å²) in [6.45, 7) is 16.5. The molecule has 6 fully saturated rings. The fourth-order valence-electron chi connectivity index (χ4n) is 21.3. The number of fused-ring (bicyclic) bond motifs is 14. The summed E-state index contributed by atoms with van der Waals surface area (Å²) in [6.07, 6.45) is 4.11. The molecule has 0 bridgehead atoms. The number of aryl methyl sites for hydroxylation is 1. The van der Waals surface area contributed by atoms with Gasteiger partial charge < -0.3 is 73.0 Å². The lowest BCUT2D eigenvalue weighted by molar-refractivity contribution is -0.223. The van der Waals surface area contributed by atoms with Crippen LogP contribution in [0.4, 0.5) is 27.9 Å². The van der Waals surface area contributed by atoms with Crippen molar-refractivity contribution in [3.05, 3.63) is 142 Å². The van der Waals surface area contributed by atoms with E-state index in [4.69, 9.17) is 27.0 Å². The van der Waals surface area contributed by atoms with Gasteiger partial charge in [-0.1, -0.05) is 119 Å². The van der Waals surface area contributed by atoms with Crippen LogP contribution in [-0.4, -0.2) is 194 Å². The number of carboxylic acids is 2. The summed E-state index contributed by atoms with van der Waals surface area (Å²) >= 11 is 0. The molecule has 1 aliphatic heterocycles. The van der Waals surface area contributed by atoms with E-state index < -0.39 is 168 Å². The second-order valence-electron chi connectivity index (χ2n) is 33.7. The Morgan fingerprint density at radius 1 is 0.783 bits per heavy atom. The number of halogens is 5. The number of hydrogen-bond acceptors (Lipinski definition) is 21. The Morgan fingerprint density at radius 2 is 1.35 bits per heavy atom. The largest absolute Gasteiger partial charge is 0.481 e. The van der Waals surface area contributed by atoms with Crippen molar-refractivity contribution in [2.75, 3.05) is 32.1 Å². The Morgan fingerprint density at radius 3 is 1.87 bits per heavy atom. The highest BCUT2D eigenvalue weighted by atomic mass is 32.2. The quantitative estimate of drug-likeness (QED) is 0.0178. The maximum atomic E-state index is 16.9. The lowest BCUT2D eigenvalue weighted by Crippen LogP contribution is -2.70. The number of aromatic nitrogens is 3. The smallest absolute Gasteiger partial charge is 0.329 e. The summed E-state index contributed by atoms with van der Waals surface area (Å²) in [5.74, 6) is -7.97. The number of aliphatic hydroxyl groups excluding tert-OH is 4. The van der Waals surface area contributed by atoms with Crippen molar-refractivity contribution in [2.24, 2.45) is 73.8 Å². The molecule has 3 heterocycles. The summed E-state index contributed by atoms with van der Waals surface area (Å²) < 4.78 is 105. The summed E-state index contributed by atoms with van der Waals surface area (Å²) in [5, 5.41) is 94.9. The minimum absolute atomic E-state index is 0.00474. The van der Waals surface area contributed by atoms with Gasteiger partial charge in [0.25, 0.3) is 6.43 Å². The first-order chi connectivity index (χ1) is 53.8. The molecule has 14 rings (SSSR count). The maximum Gasteiger partial charge on any atom is 0.329 e. The van der Waals surface area contributed by atoms with Gasteiger partial charge in [-0.25, -0.2) is 44.1 Å². The Labute approximate surface area is 664 Å². The van der Waals surface area contributed by atoms with Gasteiger partial charge in [-0.2, -0.15) is 0 Å². The van der Waals surface area contributed by atoms with Gasteiger partial charge in [0, 0.05) is 55.5 Å². The minimum atomic E-state index is -3.68. The summed E-state index contributed by atoms with van der Waals surface area (Å²) in [6, 6.07) is 20.4. The number of imidazole rings is 1. The van der Waals surface area contributed by atoms with Crippen molar-refractivity contribution < 1.29 is 110 Å². The van der Waals surface area contributed by atoms with Crippen LogP contribution < -0.4 is 17.2 Å². The zero-order chi connectivity index (χ0) is 85.3. The average Bonchev–Trinajstić information content (AvgIpc) is 1.63. The number of allylic oxidation sites excluding steroid dienone is 8. The van der Waals surface area contributed by atoms with Gasteiger partial charge in [-0.05, 0) is 188 Å². The van der Waals surface area contributed by atoms with E-state index in [1.807, 2.05) is 25.1 Å².